The van der Waals surface area contributed by atoms with Crippen LogP contribution in [0.5, 0.6) is 0 Å². The van der Waals surface area contributed by atoms with Crippen molar-refractivity contribution in [2.24, 2.45) is 0 Å². The molecule has 0 aliphatic carbocycles. The highest BCUT2D eigenvalue weighted by molar-refractivity contribution is 5.56. The predicted octanol–water partition coefficient (Wildman–Crippen LogP) is 3.72. The third-order valence-corrected chi connectivity index (χ3v) is 4.86. The Morgan fingerprint density at radius 3 is 2.61 bits per heavy atom. The Morgan fingerprint density at radius 1 is 1.17 bits per heavy atom. The summed E-state index contributed by atoms with van der Waals surface area (Å²) in [5.41, 5.74) is 2.21. The van der Waals surface area contributed by atoms with Gasteiger partial charge in [-0.05, 0) is 18.6 Å². The van der Waals surface area contributed by atoms with Crippen LogP contribution >= 0.6 is 0 Å². The van der Waals surface area contributed by atoms with E-state index in [0.717, 1.165) is 16.8 Å². The van der Waals surface area contributed by atoms with Crippen LogP contribution in [0.25, 0.3) is 0 Å². The van der Waals surface area contributed by atoms with Gasteiger partial charge in [0.05, 0.1) is 5.92 Å². The molecule has 0 aromatic heterocycles. The molecule has 4 atom stereocenters. The van der Waals surface area contributed by atoms with Gasteiger partial charge in [-0.15, -0.1) is 0 Å². The molecule has 0 radical (unpaired) electrons. The number of hydrogen-bond acceptors (Lipinski definition) is 4. The second-order valence-corrected chi connectivity index (χ2v) is 6.48. The molecule has 0 saturated carbocycles. The molecular formula is C18H18N2O3. The van der Waals surface area contributed by atoms with Gasteiger partial charge >= 0.3 is 0 Å². The molecule has 1 N–H and O–H groups in total. The van der Waals surface area contributed by atoms with Gasteiger partial charge in [-0.2, -0.15) is 0 Å². The van der Waals surface area contributed by atoms with E-state index < -0.39 is 17.9 Å². The van der Waals surface area contributed by atoms with Gasteiger partial charge in [0.15, 0.2) is 6.10 Å². The van der Waals surface area contributed by atoms with Gasteiger partial charge in [0.25, 0.3) is 0 Å². The number of nitro groups is 1. The van der Waals surface area contributed by atoms with Gasteiger partial charge in [-0.1, -0.05) is 48.5 Å². The fourth-order valence-corrected chi connectivity index (χ4v) is 3.89. The monoisotopic (exact) mass is 310 g/mol. The number of nitrogens with zero attached hydrogens (tertiary/aromatic N) is 1. The minimum absolute atomic E-state index is 0.177. The minimum atomic E-state index is -0.784. The highest BCUT2D eigenvalue weighted by atomic mass is 16.6. The van der Waals surface area contributed by atoms with E-state index in [2.05, 4.69) is 5.32 Å². The summed E-state index contributed by atoms with van der Waals surface area (Å²) in [5, 5.41) is 15.3. The van der Waals surface area contributed by atoms with Crippen LogP contribution in [-0.4, -0.2) is 16.7 Å². The average Bonchev–Trinajstić information content (AvgIpc) is 2.54. The van der Waals surface area contributed by atoms with Crippen LogP contribution in [0.15, 0.2) is 54.6 Å². The molecule has 2 aromatic carbocycles. The summed E-state index contributed by atoms with van der Waals surface area (Å²) < 4.78 is 6.11. The van der Waals surface area contributed by atoms with Gasteiger partial charge in [0.2, 0.25) is 6.04 Å². The van der Waals surface area contributed by atoms with Crippen molar-refractivity contribution in [1.29, 1.82) is 0 Å². The van der Waals surface area contributed by atoms with Gasteiger partial charge in [0, 0.05) is 22.6 Å². The zero-order chi connectivity index (χ0) is 16.0. The zero-order valence-corrected chi connectivity index (χ0v) is 12.8. The lowest BCUT2D eigenvalue weighted by molar-refractivity contribution is -0.550. The van der Waals surface area contributed by atoms with Gasteiger partial charge < -0.3 is 10.1 Å². The van der Waals surface area contributed by atoms with Crippen molar-refractivity contribution in [2.75, 3.05) is 5.32 Å². The quantitative estimate of drug-likeness (QED) is 0.678. The highest BCUT2D eigenvalue weighted by Crippen LogP contribution is 2.51. The number of para-hydroxylation sites is 1. The summed E-state index contributed by atoms with van der Waals surface area (Å²) in [7, 11) is 0. The van der Waals surface area contributed by atoms with Crippen LogP contribution in [0.3, 0.4) is 0 Å². The maximum Gasteiger partial charge on any atom is 0.250 e. The number of nitrogens with one attached hydrogen (secondary N) is 1. The standard InChI is InChI=1S/C18H18N2O3/c1-18-11-14(12-7-3-2-4-8-12)16(20(21)22)17(23-18)13-9-5-6-10-15(13)19-18/h2-10,14,16-17,19H,11H2,1H3/t14-,16-,17+,18-/m0/s1. The summed E-state index contributed by atoms with van der Waals surface area (Å²) in [6, 6.07) is 16.7. The molecule has 5 nitrogen and oxygen atoms in total. The van der Waals surface area contributed by atoms with E-state index in [4.69, 9.17) is 4.74 Å². The molecule has 1 saturated heterocycles. The molecule has 2 heterocycles. The third-order valence-electron chi connectivity index (χ3n) is 4.86. The van der Waals surface area contributed by atoms with Crippen molar-refractivity contribution in [1.82, 2.24) is 0 Å². The maximum atomic E-state index is 11.9. The van der Waals surface area contributed by atoms with Crippen LogP contribution in [-0.2, 0) is 4.74 Å². The van der Waals surface area contributed by atoms with Crippen molar-refractivity contribution in [2.45, 2.75) is 37.1 Å². The average molecular weight is 310 g/mol. The summed E-state index contributed by atoms with van der Waals surface area (Å²) in [5.74, 6) is -0.184. The molecule has 2 bridgehead atoms. The molecule has 23 heavy (non-hydrogen) atoms. The molecule has 2 aliphatic rings. The van der Waals surface area contributed by atoms with Crippen molar-refractivity contribution in [3.8, 4) is 0 Å². The first-order chi connectivity index (χ1) is 11.1. The molecule has 1 fully saturated rings. The van der Waals surface area contributed by atoms with Crippen molar-refractivity contribution >= 4 is 5.69 Å². The van der Waals surface area contributed by atoms with Crippen LogP contribution in [0.4, 0.5) is 5.69 Å². The fourth-order valence-electron chi connectivity index (χ4n) is 3.89. The fraction of sp³-hybridized carbons (Fsp3) is 0.333. The Bertz CT molecular complexity index is 749. The zero-order valence-electron chi connectivity index (χ0n) is 12.8. The van der Waals surface area contributed by atoms with E-state index in [0.29, 0.717) is 6.42 Å². The maximum absolute atomic E-state index is 11.9. The lowest BCUT2D eigenvalue weighted by atomic mass is 9.76. The Kier molecular flexibility index (Phi) is 3.13. The largest absolute Gasteiger partial charge is 0.357 e. The molecule has 5 heteroatoms. The minimum Gasteiger partial charge on any atom is -0.357 e. The second-order valence-electron chi connectivity index (χ2n) is 6.48. The normalized spacial score (nSPS) is 31.8. The van der Waals surface area contributed by atoms with Crippen LogP contribution in [0, 0.1) is 10.1 Å². The van der Waals surface area contributed by atoms with Gasteiger partial charge in [0.1, 0.15) is 5.72 Å². The lowest BCUT2D eigenvalue weighted by Crippen LogP contribution is -2.55. The number of ether oxygens (including phenoxy) is 1. The summed E-state index contributed by atoms with van der Waals surface area (Å²) in [4.78, 5) is 11.7. The van der Waals surface area contributed by atoms with Crippen molar-refractivity contribution in [3.05, 3.63) is 75.8 Å². The molecule has 2 aliphatic heterocycles. The molecule has 0 spiro atoms. The number of fused-ring (bicyclic) bond motifs is 4. The van der Waals surface area contributed by atoms with Crippen molar-refractivity contribution in [3.63, 3.8) is 0 Å². The van der Waals surface area contributed by atoms with Gasteiger partial charge in [-0.25, -0.2) is 0 Å². The first kappa shape index (κ1) is 14.2. The number of hydrogen-bond donors (Lipinski definition) is 1. The van der Waals surface area contributed by atoms with E-state index in [9.17, 15) is 10.1 Å². The smallest absolute Gasteiger partial charge is 0.250 e. The molecular weight excluding hydrogens is 292 g/mol. The molecule has 2 aromatic rings. The van der Waals surface area contributed by atoms with Crippen LogP contribution in [0.1, 0.15) is 36.5 Å². The lowest BCUT2D eigenvalue weighted by Gasteiger charge is -2.48. The molecule has 0 amide bonds. The van der Waals surface area contributed by atoms with E-state index >= 15 is 0 Å². The SMILES string of the molecule is C[C@@]12C[C@@H](c3ccccc3)[C@H]([N+](=O)[O-])[C@H](O1)c1ccccc1N2. The Hall–Kier alpha value is -2.40. The van der Waals surface area contributed by atoms with Crippen LogP contribution < -0.4 is 5.32 Å². The summed E-state index contributed by atoms with van der Waals surface area (Å²) >= 11 is 0. The Labute approximate surface area is 134 Å². The number of benzene rings is 2. The second kappa shape index (κ2) is 5.06. The Balaban J connectivity index is 1.84. The summed E-state index contributed by atoms with van der Waals surface area (Å²) in [6.45, 7) is 1.97. The van der Waals surface area contributed by atoms with Crippen LogP contribution in [0.2, 0.25) is 0 Å². The van der Waals surface area contributed by atoms with E-state index in [1.807, 2.05) is 61.5 Å². The van der Waals surface area contributed by atoms with Crippen molar-refractivity contribution < 1.29 is 9.66 Å². The van der Waals surface area contributed by atoms with E-state index in [1.165, 1.54) is 0 Å². The number of rotatable bonds is 2. The first-order valence-electron chi connectivity index (χ1n) is 7.81. The Morgan fingerprint density at radius 2 is 1.87 bits per heavy atom. The van der Waals surface area contributed by atoms with E-state index in [-0.39, 0.29) is 10.8 Å². The summed E-state index contributed by atoms with van der Waals surface area (Å²) in [6.07, 6.45) is 0.0273. The van der Waals surface area contributed by atoms with E-state index in [1.54, 1.807) is 0 Å². The molecule has 118 valence electrons. The number of anilines is 1. The third kappa shape index (κ3) is 2.28. The first-order valence-corrected chi connectivity index (χ1v) is 7.81. The predicted molar refractivity (Wildman–Crippen MR) is 86.9 cm³/mol. The topological polar surface area (TPSA) is 64.4 Å². The molecule has 0 unspecified atom stereocenters. The van der Waals surface area contributed by atoms with Gasteiger partial charge in [-0.3, -0.25) is 10.1 Å². The highest BCUT2D eigenvalue weighted by Gasteiger charge is 2.55. The molecule has 4 rings (SSSR count).